The minimum Gasteiger partial charge on any atom is -0.496 e. The van der Waals surface area contributed by atoms with Crippen LogP contribution in [0.1, 0.15) is 20.8 Å². The van der Waals surface area contributed by atoms with Crippen molar-refractivity contribution in [3.05, 3.63) is 20.2 Å². The second kappa shape index (κ2) is 6.10. The second-order valence-electron chi connectivity index (χ2n) is 4.59. The van der Waals surface area contributed by atoms with Crippen LogP contribution in [-0.2, 0) is 4.74 Å². The number of benzene rings is 1. The van der Waals surface area contributed by atoms with Gasteiger partial charge in [0.15, 0.2) is 0 Å². The molecule has 0 heterocycles. The summed E-state index contributed by atoms with van der Waals surface area (Å²) in [6, 6.07) is 3.61. The lowest BCUT2D eigenvalue weighted by atomic mass is 10.2. The number of methoxy groups -OCH3 is 1. The van der Waals surface area contributed by atoms with Crippen LogP contribution in [0.4, 0.5) is 10.5 Å². The van der Waals surface area contributed by atoms with Gasteiger partial charge in [0.05, 0.1) is 17.3 Å². The molecule has 0 atom stereocenters. The first-order valence-corrected chi connectivity index (χ1v) is 7.13. The van der Waals surface area contributed by atoms with Gasteiger partial charge >= 0.3 is 6.09 Å². The van der Waals surface area contributed by atoms with Gasteiger partial charge < -0.3 is 9.47 Å². The Hall–Kier alpha value is -0.500. The minimum atomic E-state index is -0.515. The molecule has 1 amide bonds. The first-order valence-electron chi connectivity index (χ1n) is 5.26. The first kappa shape index (κ1) is 15.6. The van der Waals surface area contributed by atoms with Crippen LogP contribution in [0.3, 0.4) is 0 Å². The van der Waals surface area contributed by atoms with Gasteiger partial charge in [-0.15, -0.1) is 0 Å². The van der Waals surface area contributed by atoms with Gasteiger partial charge in [0.25, 0.3) is 0 Å². The van der Waals surface area contributed by atoms with E-state index in [0.29, 0.717) is 11.4 Å². The van der Waals surface area contributed by atoms with Crippen molar-refractivity contribution >= 4 is 50.3 Å². The average molecular weight is 428 g/mol. The maximum atomic E-state index is 11.7. The highest BCUT2D eigenvalue weighted by Gasteiger charge is 2.17. The number of rotatable bonds is 2. The highest BCUT2D eigenvalue weighted by Crippen LogP contribution is 2.32. The van der Waals surface area contributed by atoms with Crippen molar-refractivity contribution in [3.8, 4) is 5.75 Å². The Morgan fingerprint density at radius 3 is 2.50 bits per heavy atom. The zero-order chi connectivity index (χ0) is 13.9. The van der Waals surface area contributed by atoms with E-state index in [-0.39, 0.29) is 0 Å². The number of hydrogen-bond donors (Lipinski definition) is 1. The first-order chi connectivity index (χ1) is 8.23. The van der Waals surface area contributed by atoms with Crippen LogP contribution in [0.15, 0.2) is 16.6 Å². The highest BCUT2D eigenvalue weighted by molar-refractivity contribution is 14.1. The summed E-state index contributed by atoms with van der Waals surface area (Å²) in [4.78, 5) is 11.7. The summed E-state index contributed by atoms with van der Waals surface area (Å²) in [5, 5.41) is 2.70. The van der Waals surface area contributed by atoms with Gasteiger partial charge in [0.1, 0.15) is 11.4 Å². The molecule has 1 N–H and O–H groups in total. The predicted octanol–water partition coefficient (Wildman–Crippen LogP) is 4.41. The third kappa shape index (κ3) is 4.64. The summed E-state index contributed by atoms with van der Waals surface area (Å²) in [5.41, 5.74) is 0.164. The molecule has 0 saturated heterocycles. The summed E-state index contributed by atoms with van der Waals surface area (Å²) in [6.45, 7) is 5.46. The number of carbonyl (C=O) groups excluding carboxylic acids is 1. The van der Waals surface area contributed by atoms with Crippen molar-refractivity contribution < 1.29 is 14.3 Å². The molecule has 0 bridgehead atoms. The van der Waals surface area contributed by atoms with E-state index in [4.69, 9.17) is 9.47 Å². The van der Waals surface area contributed by atoms with E-state index in [0.717, 1.165) is 8.04 Å². The number of anilines is 1. The molecule has 6 heteroatoms. The van der Waals surface area contributed by atoms with Gasteiger partial charge in [-0.25, -0.2) is 4.79 Å². The van der Waals surface area contributed by atoms with Crippen LogP contribution in [0.5, 0.6) is 5.75 Å². The van der Waals surface area contributed by atoms with Gasteiger partial charge in [-0.2, -0.15) is 0 Å². The third-order valence-electron chi connectivity index (χ3n) is 1.88. The lowest BCUT2D eigenvalue weighted by molar-refractivity contribution is 0.0636. The van der Waals surface area contributed by atoms with Gasteiger partial charge in [-0.1, -0.05) is 0 Å². The quantitative estimate of drug-likeness (QED) is 0.711. The van der Waals surface area contributed by atoms with E-state index in [1.165, 1.54) is 0 Å². The van der Waals surface area contributed by atoms with E-state index in [2.05, 4.69) is 43.8 Å². The fourth-order valence-electron chi connectivity index (χ4n) is 1.19. The summed E-state index contributed by atoms with van der Waals surface area (Å²) < 4.78 is 12.0. The van der Waals surface area contributed by atoms with Crippen LogP contribution in [0.25, 0.3) is 0 Å². The van der Waals surface area contributed by atoms with Crippen LogP contribution < -0.4 is 10.1 Å². The standard InChI is InChI=1S/C12H15BrINO3/c1-12(2,3)18-11(16)15-9-5-7(13)10(17-4)6-8(9)14/h5-6H,1-4H3,(H,15,16). The van der Waals surface area contributed by atoms with Gasteiger partial charge in [0.2, 0.25) is 0 Å². The fourth-order valence-corrected chi connectivity index (χ4v) is 2.27. The molecule has 0 radical (unpaired) electrons. The Bertz CT molecular complexity index is 457. The Morgan fingerprint density at radius 1 is 1.39 bits per heavy atom. The van der Waals surface area contributed by atoms with Crippen molar-refractivity contribution in [2.75, 3.05) is 12.4 Å². The molecule has 0 aromatic heterocycles. The lowest BCUT2D eigenvalue weighted by Crippen LogP contribution is -2.27. The number of hydrogen-bond acceptors (Lipinski definition) is 3. The smallest absolute Gasteiger partial charge is 0.412 e. The maximum absolute atomic E-state index is 11.7. The van der Waals surface area contributed by atoms with E-state index >= 15 is 0 Å². The molecule has 100 valence electrons. The fraction of sp³-hybridized carbons (Fsp3) is 0.417. The summed E-state index contributed by atoms with van der Waals surface area (Å²) in [7, 11) is 1.59. The molecule has 1 aromatic rings. The summed E-state index contributed by atoms with van der Waals surface area (Å²) in [6.07, 6.45) is -0.475. The van der Waals surface area contributed by atoms with E-state index in [9.17, 15) is 4.79 Å². The number of ether oxygens (including phenoxy) is 2. The van der Waals surface area contributed by atoms with Gasteiger partial charge in [-0.3, -0.25) is 5.32 Å². The monoisotopic (exact) mass is 427 g/mol. The Kier molecular flexibility index (Phi) is 5.27. The molecule has 0 aliphatic rings. The SMILES string of the molecule is COc1cc(I)c(NC(=O)OC(C)(C)C)cc1Br. The lowest BCUT2D eigenvalue weighted by Gasteiger charge is -2.20. The normalized spacial score (nSPS) is 11.0. The third-order valence-corrected chi connectivity index (χ3v) is 3.39. The van der Waals surface area contributed by atoms with Crippen molar-refractivity contribution in [2.24, 2.45) is 0 Å². The molecule has 4 nitrogen and oxygen atoms in total. The molecule has 18 heavy (non-hydrogen) atoms. The molecule has 0 saturated carbocycles. The molecule has 0 aliphatic heterocycles. The van der Waals surface area contributed by atoms with Crippen molar-refractivity contribution in [1.82, 2.24) is 0 Å². The highest BCUT2D eigenvalue weighted by atomic mass is 127. The van der Waals surface area contributed by atoms with Crippen LogP contribution in [0, 0.1) is 3.57 Å². The van der Waals surface area contributed by atoms with Crippen LogP contribution >= 0.6 is 38.5 Å². The van der Waals surface area contributed by atoms with Crippen LogP contribution in [-0.4, -0.2) is 18.8 Å². The van der Waals surface area contributed by atoms with E-state index in [1.54, 1.807) is 13.2 Å². The molecule has 1 aromatic carbocycles. The maximum Gasteiger partial charge on any atom is 0.412 e. The van der Waals surface area contributed by atoms with Crippen molar-refractivity contribution in [1.29, 1.82) is 0 Å². The topological polar surface area (TPSA) is 47.6 Å². The molecule has 0 aliphatic carbocycles. The minimum absolute atomic E-state index is 0.475. The summed E-state index contributed by atoms with van der Waals surface area (Å²) >= 11 is 5.50. The van der Waals surface area contributed by atoms with Crippen LogP contribution in [0.2, 0.25) is 0 Å². The molecular formula is C12H15BrINO3. The van der Waals surface area contributed by atoms with E-state index < -0.39 is 11.7 Å². The number of nitrogens with one attached hydrogen (secondary N) is 1. The number of halogens is 2. The molecular weight excluding hydrogens is 413 g/mol. The van der Waals surface area contributed by atoms with Crippen molar-refractivity contribution in [3.63, 3.8) is 0 Å². The van der Waals surface area contributed by atoms with E-state index in [1.807, 2.05) is 26.8 Å². The Labute approximate surface area is 129 Å². The molecule has 0 unspecified atom stereocenters. The average Bonchev–Trinajstić information content (AvgIpc) is 2.20. The van der Waals surface area contributed by atoms with Gasteiger partial charge in [0, 0.05) is 3.57 Å². The Balaban J connectivity index is 2.86. The largest absolute Gasteiger partial charge is 0.496 e. The zero-order valence-corrected chi connectivity index (χ0v) is 14.4. The number of amides is 1. The molecule has 0 spiro atoms. The Morgan fingerprint density at radius 2 is 2.00 bits per heavy atom. The second-order valence-corrected chi connectivity index (χ2v) is 6.61. The van der Waals surface area contributed by atoms with Gasteiger partial charge in [-0.05, 0) is 71.4 Å². The predicted molar refractivity (Wildman–Crippen MR) is 83.3 cm³/mol. The molecule has 0 fully saturated rings. The number of carbonyl (C=O) groups is 1. The van der Waals surface area contributed by atoms with Crippen molar-refractivity contribution in [2.45, 2.75) is 26.4 Å². The summed E-state index contributed by atoms with van der Waals surface area (Å²) in [5.74, 6) is 0.717. The molecule has 1 rings (SSSR count). The zero-order valence-electron chi connectivity index (χ0n) is 10.6.